The molecule has 1 aliphatic rings. The first-order valence-electron chi connectivity index (χ1n) is 6.37. The Bertz CT molecular complexity index is 506. The van der Waals surface area contributed by atoms with Gasteiger partial charge in [0.1, 0.15) is 5.75 Å². The zero-order valence-electron chi connectivity index (χ0n) is 10.9. The van der Waals surface area contributed by atoms with E-state index in [1.165, 1.54) is 4.90 Å². The van der Waals surface area contributed by atoms with Crippen LogP contribution in [0.1, 0.15) is 6.42 Å². The predicted molar refractivity (Wildman–Crippen MR) is 72.9 cm³/mol. The molecule has 0 bridgehead atoms. The molecule has 2 amide bonds. The fraction of sp³-hybridized carbons (Fsp3) is 0.385. The maximum Gasteiger partial charge on any atom is 0.346 e. The number of anilines is 1. The molecule has 0 fully saturated rings. The van der Waals surface area contributed by atoms with Crippen molar-refractivity contribution in [2.45, 2.75) is 12.5 Å². The third-order valence-electron chi connectivity index (χ3n) is 2.95. The number of nitrogens with two attached hydrogens (primary N) is 1. The van der Waals surface area contributed by atoms with Crippen molar-refractivity contribution in [2.75, 3.05) is 24.5 Å². The van der Waals surface area contributed by atoms with Crippen LogP contribution in [-0.2, 0) is 4.79 Å². The number of urea groups is 1. The highest BCUT2D eigenvalue weighted by Crippen LogP contribution is 2.33. The molecule has 1 atom stereocenters. The SMILES string of the molecule is NCCCNC(=O)N1CC(C(=O)O)Oc2ccccc21. The summed E-state index contributed by atoms with van der Waals surface area (Å²) >= 11 is 0. The summed E-state index contributed by atoms with van der Waals surface area (Å²) in [5.41, 5.74) is 5.93. The van der Waals surface area contributed by atoms with Gasteiger partial charge in [0.2, 0.25) is 6.10 Å². The van der Waals surface area contributed by atoms with Crippen molar-refractivity contribution in [3.05, 3.63) is 24.3 Å². The van der Waals surface area contributed by atoms with Gasteiger partial charge in [-0.25, -0.2) is 9.59 Å². The molecule has 1 aromatic rings. The Morgan fingerprint density at radius 3 is 2.90 bits per heavy atom. The highest BCUT2D eigenvalue weighted by molar-refractivity contribution is 5.95. The molecule has 1 aliphatic heterocycles. The van der Waals surface area contributed by atoms with Gasteiger partial charge in [-0.15, -0.1) is 0 Å². The monoisotopic (exact) mass is 279 g/mol. The number of fused-ring (bicyclic) bond motifs is 1. The number of nitrogens with zero attached hydrogens (tertiary/aromatic N) is 1. The van der Waals surface area contributed by atoms with Crippen LogP contribution in [0, 0.1) is 0 Å². The molecule has 0 aliphatic carbocycles. The number of para-hydroxylation sites is 2. The van der Waals surface area contributed by atoms with Crippen molar-refractivity contribution in [1.29, 1.82) is 0 Å². The molecular formula is C13H17N3O4. The number of amides is 2. The molecule has 1 heterocycles. The quantitative estimate of drug-likeness (QED) is 0.692. The minimum absolute atomic E-state index is 0.0270. The number of nitrogens with one attached hydrogen (secondary N) is 1. The zero-order valence-corrected chi connectivity index (χ0v) is 10.9. The summed E-state index contributed by atoms with van der Waals surface area (Å²) in [4.78, 5) is 24.6. The molecule has 7 nitrogen and oxygen atoms in total. The number of hydrogen-bond donors (Lipinski definition) is 3. The minimum Gasteiger partial charge on any atom is -0.478 e. The first-order valence-corrected chi connectivity index (χ1v) is 6.37. The molecule has 0 saturated heterocycles. The van der Waals surface area contributed by atoms with Gasteiger partial charge in [-0.1, -0.05) is 12.1 Å². The van der Waals surface area contributed by atoms with Gasteiger partial charge >= 0.3 is 12.0 Å². The molecule has 0 spiro atoms. The van der Waals surface area contributed by atoms with Crippen LogP contribution in [0.15, 0.2) is 24.3 Å². The molecule has 4 N–H and O–H groups in total. The van der Waals surface area contributed by atoms with Crippen molar-refractivity contribution in [3.63, 3.8) is 0 Å². The Labute approximate surface area is 116 Å². The molecule has 1 aromatic carbocycles. The van der Waals surface area contributed by atoms with E-state index in [9.17, 15) is 9.59 Å². The molecule has 0 radical (unpaired) electrons. The highest BCUT2D eigenvalue weighted by Gasteiger charge is 2.33. The summed E-state index contributed by atoms with van der Waals surface area (Å²) < 4.78 is 5.36. The number of carboxylic acid groups (broad SMARTS) is 1. The van der Waals surface area contributed by atoms with Crippen LogP contribution in [0.3, 0.4) is 0 Å². The number of benzene rings is 1. The van der Waals surface area contributed by atoms with Crippen LogP contribution in [0.5, 0.6) is 5.75 Å². The zero-order chi connectivity index (χ0) is 14.5. The Balaban J connectivity index is 2.18. The maximum atomic E-state index is 12.1. The molecule has 2 rings (SSSR count). The van der Waals surface area contributed by atoms with E-state index >= 15 is 0 Å². The second-order valence-electron chi connectivity index (χ2n) is 4.40. The smallest absolute Gasteiger partial charge is 0.346 e. The number of carbonyl (C=O) groups excluding carboxylic acids is 1. The summed E-state index contributed by atoms with van der Waals surface area (Å²) in [6, 6.07) is 6.51. The Hall–Kier alpha value is -2.28. The van der Waals surface area contributed by atoms with E-state index in [4.69, 9.17) is 15.6 Å². The molecule has 0 saturated carbocycles. The fourth-order valence-corrected chi connectivity index (χ4v) is 1.95. The Morgan fingerprint density at radius 1 is 1.45 bits per heavy atom. The summed E-state index contributed by atoms with van der Waals surface area (Å²) in [5.74, 6) is -0.709. The lowest BCUT2D eigenvalue weighted by atomic mass is 10.2. The predicted octanol–water partition coefficient (Wildman–Crippen LogP) is 0.397. The molecular weight excluding hydrogens is 262 g/mol. The molecule has 20 heavy (non-hydrogen) atoms. The number of aliphatic carboxylic acids is 1. The van der Waals surface area contributed by atoms with Crippen molar-refractivity contribution in [1.82, 2.24) is 5.32 Å². The van der Waals surface area contributed by atoms with E-state index in [0.717, 1.165) is 0 Å². The average Bonchev–Trinajstić information content (AvgIpc) is 2.46. The van der Waals surface area contributed by atoms with E-state index in [-0.39, 0.29) is 12.6 Å². The Kier molecular flexibility index (Phi) is 4.41. The first-order chi connectivity index (χ1) is 9.63. The van der Waals surface area contributed by atoms with Gasteiger partial charge < -0.3 is 20.9 Å². The first kappa shape index (κ1) is 14.1. The van der Waals surface area contributed by atoms with Crippen LogP contribution in [0.2, 0.25) is 0 Å². The lowest BCUT2D eigenvalue weighted by Gasteiger charge is -2.33. The summed E-state index contributed by atoms with van der Waals surface area (Å²) in [5, 5.41) is 11.8. The summed E-state index contributed by atoms with van der Waals surface area (Å²) in [6.45, 7) is 0.908. The van der Waals surface area contributed by atoms with E-state index in [1.54, 1.807) is 24.3 Å². The lowest BCUT2D eigenvalue weighted by molar-refractivity contribution is -0.144. The fourth-order valence-electron chi connectivity index (χ4n) is 1.95. The number of carboxylic acids is 1. The van der Waals surface area contributed by atoms with Crippen LogP contribution in [-0.4, -0.2) is 42.8 Å². The Morgan fingerprint density at radius 2 is 2.20 bits per heavy atom. The largest absolute Gasteiger partial charge is 0.478 e. The van der Waals surface area contributed by atoms with Crippen LogP contribution < -0.4 is 20.7 Å². The van der Waals surface area contributed by atoms with E-state index in [1.807, 2.05) is 0 Å². The van der Waals surface area contributed by atoms with Gasteiger partial charge in [0, 0.05) is 6.54 Å². The highest BCUT2D eigenvalue weighted by atomic mass is 16.5. The van der Waals surface area contributed by atoms with E-state index in [0.29, 0.717) is 30.9 Å². The molecule has 108 valence electrons. The maximum absolute atomic E-state index is 12.1. The second-order valence-corrected chi connectivity index (χ2v) is 4.40. The molecule has 1 unspecified atom stereocenters. The molecule has 0 aromatic heterocycles. The van der Waals surface area contributed by atoms with E-state index in [2.05, 4.69) is 5.32 Å². The topological polar surface area (TPSA) is 105 Å². The third kappa shape index (κ3) is 3.00. The lowest BCUT2D eigenvalue weighted by Crippen LogP contribution is -2.50. The van der Waals surface area contributed by atoms with Gasteiger partial charge in [0.05, 0.1) is 12.2 Å². The van der Waals surface area contributed by atoms with Crippen molar-refractivity contribution >= 4 is 17.7 Å². The van der Waals surface area contributed by atoms with Gasteiger partial charge in [-0.05, 0) is 25.1 Å². The van der Waals surface area contributed by atoms with Crippen molar-refractivity contribution in [3.8, 4) is 5.75 Å². The van der Waals surface area contributed by atoms with Crippen LogP contribution in [0.4, 0.5) is 10.5 Å². The molecule has 7 heteroatoms. The van der Waals surface area contributed by atoms with Crippen molar-refractivity contribution in [2.24, 2.45) is 5.73 Å². The second kappa shape index (κ2) is 6.25. The average molecular weight is 279 g/mol. The van der Waals surface area contributed by atoms with Crippen LogP contribution >= 0.6 is 0 Å². The van der Waals surface area contributed by atoms with Gasteiger partial charge in [0.15, 0.2) is 0 Å². The standard InChI is InChI=1S/C13H17N3O4/c14-6-3-7-15-13(19)16-8-11(12(17)18)20-10-5-2-1-4-9(10)16/h1-2,4-5,11H,3,6-8,14H2,(H,15,19)(H,17,18). The van der Waals surface area contributed by atoms with E-state index < -0.39 is 12.1 Å². The minimum atomic E-state index is -1.10. The summed E-state index contributed by atoms with van der Waals surface area (Å²) in [7, 11) is 0. The number of ether oxygens (including phenoxy) is 1. The van der Waals surface area contributed by atoms with Gasteiger partial charge in [-0.3, -0.25) is 4.90 Å². The number of hydrogen-bond acceptors (Lipinski definition) is 4. The number of rotatable bonds is 4. The van der Waals surface area contributed by atoms with Gasteiger partial charge in [-0.2, -0.15) is 0 Å². The van der Waals surface area contributed by atoms with Crippen LogP contribution in [0.25, 0.3) is 0 Å². The normalized spacial score (nSPS) is 17.1. The third-order valence-corrected chi connectivity index (χ3v) is 2.95. The summed E-state index contributed by atoms with van der Waals surface area (Å²) in [6.07, 6.45) is -0.398. The van der Waals surface area contributed by atoms with Gasteiger partial charge in [0.25, 0.3) is 0 Å². The van der Waals surface area contributed by atoms with Crippen molar-refractivity contribution < 1.29 is 19.4 Å². The number of carbonyl (C=O) groups is 2.